The Bertz CT molecular complexity index is 267. The van der Waals surface area contributed by atoms with Crippen molar-refractivity contribution < 1.29 is 20.1 Å². The maximum atomic E-state index is 10.3. The number of carboxylic acid groups (broad SMARTS) is 1. The summed E-state index contributed by atoms with van der Waals surface area (Å²) in [5.41, 5.74) is -0.586. The van der Waals surface area contributed by atoms with Crippen LogP contribution in [-0.2, 0) is 0 Å². The van der Waals surface area contributed by atoms with Crippen LogP contribution in [0, 0.1) is 0 Å². The molecule has 1 rings (SSSR count). The van der Waals surface area contributed by atoms with Gasteiger partial charge in [-0.2, -0.15) is 0 Å². The normalized spacial score (nSPS) is 10.5. The standard InChI is InChI=1S/C5H6N2O4/c8-4(9)2-3(5(10)11)7-1-6-2/h1,4,8-9H,(H,6,7)(H,10,11). The number of hydrogen-bond donors (Lipinski definition) is 4. The lowest BCUT2D eigenvalue weighted by Gasteiger charge is -1.99. The monoisotopic (exact) mass is 158 g/mol. The van der Waals surface area contributed by atoms with Gasteiger partial charge in [0, 0.05) is 0 Å². The molecule has 0 saturated carbocycles. The number of carboxylic acids is 1. The van der Waals surface area contributed by atoms with E-state index in [2.05, 4.69) is 9.97 Å². The Labute approximate surface area is 61.1 Å². The molecule has 0 atom stereocenters. The topological polar surface area (TPSA) is 106 Å². The number of aromatic nitrogens is 2. The first-order valence-corrected chi connectivity index (χ1v) is 2.75. The Kier molecular flexibility index (Phi) is 1.88. The molecule has 1 aromatic rings. The highest BCUT2D eigenvalue weighted by Crippen LogP contribution is 2.09. The molecule has 4 N–H and O–H groups in total. The molecule has 1 heterocycles. The second-order valence-electron chi connectivity index (χ2n) is 1.84. The maximum absolute atomic E-state index is 10.3. The van der Waals surface area contributed by atoms with E-state index >= 15 is 0 Å². The number of aliphatic hydroxyl groups excluding tert-OH is 1. The lowest BCUT2D eigenvalue weighted by atomic mass is 10.3. The first kappa shape index (κ1) is 7.70. The molecule has 0 bridgehead atoms. The minimum Gasteiger partial charge on any atom is -0.476 e. The first-order valence-electron chi connectivity index (χ1n) is 2.75. The van der Waals surface area contributed by atoms with Crippen molar-refractivity contribution in [2.24, 2.45) is 0 Å². The van der Waals surface area contributed by atoms with Gasteiger partial charge in [0.15, 0.2) is 12.0 Å². The molecule has 0 fully saturated rings. The Morgan fingerprint density at radius 3 is 2.64 bits per heavy atom. The summed E-state index contributed by atoms with van der Waals surface area (Å²) in [6.45, 7) is 0. The van der Waals surface area contributed by atoms with Gasteiger partial charge in [-0.3, -0.25) is 0 Å². The summed E-state index contributed by atoms with van der Waals surface area (Å²) >= 11 is 0. The second-order valence-corrected chi connectivity index (χ2v) is 1.84. The van der Waals surface area contributed by atoms with Gasteiger partial charge in [0.25, 0.3) is 0 Å². The zero-order chi connectivity index (χ0) is 8.43. The number of aromatic amines is 1. The highest BCUT2D eigenvalue weighted by atomic mass is 16.5. The lowest BCUT2D eigenvalue weighted by Crippen LogP contribution is -2.05. The van der Waals surface area contributed by atoms with Gasteiger partial charge in [-0.1, -0.05) is 0 Å². The third-order valence-corrected chi connectivity index (χ3v) is 1.13. The SMILES string of the molecule is O=C(O)c1nc[nH]c1C(O)O. The third kappa shape index (κ3) is 1.36. The zero-order valence-electron chi connectivity index (χ0n) is 5.35. The number of hydrogen-bond acceptors (Lipinski definition) is 4. The van der Waals surface area contributed by atoms with Crippen LogP contribution in [0.1, 0.15) is 22.5 Å². The number of aliphatic hydroxyl groups is 2. The van der Waals surface area contributed by atoms with E-state index in [0.29, 0.717) is 0 Å². The molecule has 0 amide bonds. The molecule has 6 nitrogen and oxygen atoms in total. The van der Waals surface area contributed by atoms with Gasteiger partial charge < -0.3 is 20.3 Å². The van der Waals surface area contributed by atoms with E-state index in [0.717, 1.165) is 6.33 Å². The molecular weight excluding hydrogens is 152 g/mol. The Balaban J connectivity index is 3.06. The van der Waals surface area contributed by atoms with Gasteiger partial charge in [0.2, 0.25) is 0 Å². The van der Waals surface area contributed by atoms with Crippen LogP contribution in [0.3, 0.4) is 0 Å². The van der Waals surface area contributed by atoms with Crippen molar-refractivity contribution >= 4 is 5.97 Å². The van der Waals surface area contributed by atoms with Crippen molar-refractivity contribution in [1.29, 1.82) is 0 Å². The van der Waals surface area contributed by atoms with Crippen LogP contribution in [0.4, 0.5) is 0 Å². The van der Waals surface area contributed by atoms with E-state index < -0.39 is 12.3 Å². The van der Waals surface area contributed by atoms with Gasteiger partial charge in [0.05, 0.1) is 6.33 Å². The van der Waals surface area contributed by atoms with E-state index in [1.165, 1.54) is 0 Å². The van der Waals surface area contributed by atoms with Crippen LogP contribution in [0.2, 0.25) is 0 Å². The number of carbonyl (C=O) groups is 1. The summed E-state index contributed by atoms with van der Waals surface area (Å²) in [6, 6.07) is 0. The van der Waals surface area contributed by atoms with E-state index in [1.807, 2.05) is 0 Å². The maximum Gasteiger partial charge on any atom is 0.356 e. The third-order valence-electron chi connectivity index (χ3n) is 1.13. The molecule has 0 spiro atoms. The molecule has 0 saturated heterocycles. The number of imidazole rings is 1. The van der Waals surface area contributed by atoms with E-state index in [9.17, 15) is 4.79 Å². The fourth-order valence-corrected chi connectivity index (χ4v) is 0.672. The van der Waals surface area contributed by atoms with Crippen LogP contribution in [0.25, 0.3) is 0 Å². The van der Waals surface area contributed by atoms with Crippen LogP contribution in [0.15, 0.2) is 6.33 Å². The summed E-state index contributed by atoms with van der Waals surface area (Å²) in [7, 11) is 0. The molecule has 60 valence electrons. The molecule has 6 heteroatoms. The van der Waals surface area contributed by atoms with Crippen LogP contribution in [-0.4, -0.2) is 31.3 Å². The van der Waals surface area contributed by atoms with Crippen molar-refractivity contribution in [3.63, 3.8) is 0 Å². The van der Waals surface area contributed by atoms with Crippen LogP contribution < -0.4 is 0 Å². The van der Waals surface area contributed by atoms with Crippen molar-refractivity contribution in [3.05, 3.63) is 17.7 Å². The average Bonchev–Trinajstić information content (AvgIpc) is 2.32. The lowest BCUT2D eigenvalue weighted by molar-refractivity contribution is -0.0463. The molecule has 0 radical (unpaired) electrons. The predicted octanol–water partition coefficient (Wildman–Crippen LogP) is -0.909. The van der Waals surface area contributed by atoms with E-state index in [4.69, 9.17) is 15.3 Å². The Morgan fingerprint density at radius 2 is 2.27 bits per heavy atom. The summed E-state index contributed by atoms with van der Waals surface area (Å²) in [6.07, 6.45) is -0.748. The predicted molar refractivity (Wildman–Crippen MR) is 32.7 cm³/mol. The molecule has 0 aliphatic heterocycles. The van der Waals surface area contributed by atoms with E-state index in [-0.39, 0.29) is 11.4 Å². The number of nitrogens with one attached hydrogen (secondary N) is 1. The molecular formula is C5H6N2O4. The molecule has 0 aromatic carbocycles. The van der Waals surface area contributed by atoms with Gasteiger partial charge in [-0.25, -0.2) is 9.78 Å². The number of aromatic carboxylic acids is 1. The average molecular weight is 158 g/mol. The van der Waals surface area contributed by atoms with Crippen LogP contribution in [0.5, 0.6) is 0 Å². The molecule has 0 unspecified atom stereocenters. The summed E-state index contributed by atoms with van der Waals surface area (Å²) in [5.74, 6) is -1.30. The number of H-pyrrole nitrogens is 1. The zero-order valence-corrected chi connectivity index (χ0v) is 5.35. The molecule has 0 aliphatic rings. The molecule has 11 heavy (non-hydrogen) atoms. The van der Waals surface area contributed by atoms with Crippen molar-refractivity contribution in [2.45, 2.75) is 6.29 Å². The number of nitrogens with zero attached hydrogens (tertiary/aromatic N) is 1. The summed E-state index contributed by atoms with van der Waals surface area (Å²) in [5, 5.41) is 25.5. The summed E-state index contributed by atoms with van der Waals surface area (Å²) in [4.78, 5) is 15.9. The number of rotatable bonds is 2. The van der Waals surface area contributed by atoms with Crippen molar-refractivity contribution in [3.8, 4) is 0 Å². The Hall–Kier alpha value is -1.40. The van der Waals surface area contributed by atoms with E-state index in [1.54, 1.807) is 0 Å². The largest absolute Gasteiger partial charge is 0.476 e. The van der Waals surface area contributed by atoms with Gasteiger partial charge in [-0.05, 0) is 0 Å². The van der Waals surface area contributed by atoms with Gasteiger partial charge >= 0.3 is 5.97 Å². The fraction of sp³-hybridized carbons (Fsp3) is 0.200. The molecule has 1 aromatic heterocycles. The highest BCUT2D eigenvalue weighted by Gasteiger charge is 2.17. The second kappa shape index (κ2) is 2.69. The quantitative estimate of drug-likeness (QED) is 0.417. The van der Waals surface area contributed by atoms with Crippen molar-refractivity contribution in [1.82, 2.24) is 9.97 Å². The summed E-state index contributed by atoms with van der Waals surface area (Å²) < 4.78 is 0. The van der Waals surface area contributed by atoms with Gasteiger partial charge in [-0.15, -0.1) is 0 Å². The Morgan fingerprint density at radius 1 is 1.64 bits per heavy atom. The van der Waals surface area contributed by atoms with Crippen molar-refractivity contribution in [2.75, 3.05) is 0 Å². The smallest absolute Gasteiger partial charge is 0.356 e. The highest BCUT2D eigenvalue weighted by molar-refractivity contribution is 5.86. The van der Waals surface area contributed by atoms with Crippen LogP contribution >= 0.6 is 0 Å². The minimum atomic E-state index is -1.83. The van der Waals surface area contributed by atoms with Gasteiger partial charge in [0.1, 0.15) is 5.69 Å². The minimum absolute atomic E-state index is 0.211. The molecule has 0 aliphatic carbocycles. The fourth-order valence-electron chi connectivity index (χ4n) is 0.672. The first-order chi connectivity index (χ1) is 5.13.